The number of esters is 1. The number of fused-ring (bicyclic) bond motifs is 1. The molecule has 0 saturated carbocycles. The number of pyridine rings is 1. The molecule has 0 aromatic carbocycles. The minimum Gasteiger partial charge on any atom is -0.459 e. The fourth-order valence-electron chi connectivity index (χ4n) is 1.63. The predicted molar refractivity (Wildman–Crippen MR) is 69.4 cm³/mol. The maximum absolute atomic E-state index is 12.2. The lowest BCUT2D eigenvalue weighted by Crippen LogP contribution is -2.20. The molecule has 0 aliphatic heterocycles. The van der Waals surface area contributed by atoms with E-state index in [2.05, 4.69) is 20.9 Å². The van der Waals surface area contributed by atoms with Gasteiger partial charge in [-0.25, -0.2) is 4.98 Å². The van der Waals surface area contributed by atoms with Crippen molar-refractivity contribution in [3.05, 3.63) is 44.4 Å². The van der Waals surface area contributed by atoms with E-state index in [0.29, 0.717) is 15.8 Å². The Kier molecular flexibility index (Phi) is 3.47. The average Bonchev–Trinajstić information content (AvgIpc) is 2.31. The molecule has 94 valence electrons. The molecule has 2 aromatic rings. The highest BCUT2D eigenvalue weighted by atomic mass is 79.9. The van der Waals surface area contributed by atoms with E-state index in [1.54, 1.807) is 6.07 Å². The van der Waals surface area contributed by atoms with Crippen LogP contribution in [0.4, 0.5) is 0 Å². The van der Waals surface area contributed by atoms with Crippen molar-refractivity contribution in [1.82, 2.24) is 9.38 Å². The SMILES string of the molecule is CC(=O)OCc1nc2cccc(C)n2c(=O)c1Br. The van der Waals surface area contributed by atoms with E-state index in [1.165, 1.54) is 11.3 Å². The summed E-state index contributed by atoms with van der Waals surface area (Å²) in [6.07, 6.45) is 0. The van der Waals surface area contributed by atoms with Crippen molar-refractivity contribution in [2.45, 2.75) is 20.5 Å². The van der Waals surface area contributed by atoms with E-state index >= 15 is 0 Å². The van der Waals surface area contributed by atoms with Gasteiger partial charge in [0.05, 0.1) is 0 Å². The van der Waals surface area contributed by atoms with Crippen LogP contribution >= 0.6 is 15.9 Å². The lowest BCUT2D eigenvalue weighted by molar-refractivity contribution is -0.142. The molecule has 0 radical (unpaired) electrons. The van der Waals surface area contributed by atoms with Crippen LogP contribution in [0.5, 0.6) is 0 Å². The molecule has 0 spiro atoms. The lowest BCUT2D eigenvalue weighted by atomic mass is 10.3. The number of ether oxygens (including phenoxy) is 1. The fourth-order valence-corrected chi connectivity index (χ4v) is 2.01. The Balaban J connectivity index is 2.61. The van der Waals surface area contributed by atoms with Gasteiger partial charge in [-0.3, -0.25) is 14.0 Å². The Bertz CT molecular complexity index is 679. The van der Waals surface area contributed by atoms with Crippen LogP contribution in [0.25, 0.3) is 5.65 Å². The normalized spacial score (nSPS) is 10.6. The Morgan fingerprint density at radius 3 is 2.89 bits per heavy atom. The molecule has 2 rings (SSSR count). The molecule has 0 bridgehead atoms. The molecular formula is C12H11BrN2O3. The second-order valence-electron chi connectivity index (χ2n) is 3.82. The van der Waals surface area contributed by atoms with Crippen molar-refractivity contribution in [3.8, 4) is 0 Å². The van der Waals surface area contributed by atoms with Gasteiger partial charge in [0.2, 0.25) is 0 Å². The molecule has 2 aromatic heterocycles. The quantitative estimate of drug-likeness (QED) is 0.794. The zero-order valence-electron chi connectivity index (χ0n) is 9.94. The molecule has 0 unspecified atom stereocenters. The van der Waals surface area contributed by atoms with Gasteiger partial charge in [-0.1, -0.05) is 6.07 Å². The molecule has 2 heterocycles. The van der Waals surface area contributed by atoms with Crippen LogP contribution in [-0.2, 0) is 16.1 Å². The van der Waals surface area contributed by atoms with Crippen LogP contribution < -0.4 is 5.56 Å². The monoisotopic (exact) mass is 310 g/mol. The molecule has 0 atom stereocenters. The zero-order chi connectivity index (χ0) is 13.3. The maximum atomic E-state index is 12.2. The smallest absolute Gasteiger partial charge is 0.303 e. The van der Waals surface area contributed by atoms with Crippen LogP contribution in [0.15, 0.2) is 27.5 Å². The highest BCUT2D eigenvalue weighted by Gasteiger charge is 2.12. The average molecular weight is 311 g/mol. The van der Waals surface area contributed by atoms with Crippen molar-refractivity contribution in [3.63, 3.8) is 0 Å². The third kappa shape index (κ3) is 2.28. The molecule has 0 N–H and O–H groups in total. The molecule has 0 saturated heterocycles. The summed E-state index contributed by atoms with van der Waals surface area (Å²) >= 11 is 3.20. The summed E-state index contributed by atoms with van der Waals surface area (Å²) in [5, 5.41) is 0. The third-order valence-electron chi connectivity index (χ3n) is 2.47. The lowest BCUT2D eigenvalue weighted by Gasteiger charge is -2.08. The number of halogens is 1. The molecule has 6 heteroatoms. The van der Waals surface area contributed by atoms with Gasteiger partial charge in [-0.2, -0.15) is 0 Å². The van der Waals surface area contributed by atoms with Gasteiger partial charge in [0, 0.05) is 12.6 Å². The topological polar surface area (TPSA) is 60.7 Å². The Labute approximate surface area is 112 Å². The van der Waals surface area contributed by atoms with Gasteiger partial charge in [-0.15, -0.1) is 0 Å². The van der Waals surface area contributed by atoms with Crippen molar-refractivity contribution in [2.24, 2.45) is 0 Å². The minimum absolute atomic E-state index is 0.0183. The van der Waals surface area contributed by atoms with Crippen molar-refractivity contribution < 1.29 is 9.53 Å². The Morgan fingerprint density at radius 2 is 2.22 bits per heavy atom. The van der Waals surface area contributed by atoms with E-state index in [-0.39, 0.29) is 12.2 Å². The van der Waals surface area contributed by atoms with Gasteiger partial charge >= 0.3 is 5.97 Å². The summed E-state index contributed by atoms with van der Waals surface area (Å²) < 4.78 is 6.68. The maximum Gasteiger partial charge on any atom is 0.303 e. The van der Waals surface area contributed by atoms with Crippen molar-refractivity contribution in [1.29, 1.82) is 0 Å². The van der Waals surface area contributed by atoms with Crippen LogP contribution in [0.2, 0.25) is 0 Å². The molecule has 0 fully saturated rings. The van der Waals surface area contributed by atoms with E-state index in [0.717, 1.165) is 5.69 Å². The minimum atomic E-state index is -0.409. The predicted octanol–water partition coefficient (Wildman–Crippen LogP) is 1.83. The van der Waals surface area contributed by atoms with Crippen LogP contribution in [0.1, 0.15) is 18.3 Å². The largest absolute Gasteiger partial charge is 0.459 e. The number of hydrogen-bond acceptors (Lipinski definition) is 4. The van der Waals surface area contributed by atoms with Crippen LogP contribution in [0, 0.1) is 6.92 Å². The van der Waals surface area contributed by atoms with Gasteiger partial charge in [-0.05, 0) is 35.0 Å². The van der Waals surface area contributed by atoms with Gasteiger partial charge < -0.3 is 4.74 Å². The number of aromatic nitrogens is 2. The molecule has 18 heavy (non-hydrogen) atoms. The highest BCUT2D eigenvalue weighted by Crippen LogP contribution is 2.13. The summed E-state index contributed by atoms with van der Waals surface area (Å²) in [4.78, 5) is 27.2. The van der Waals surface area contributed by atoms with Gasteiger partial charge in [0.1, 0.15) is 22.4 Å². The van der Waals surface area contributed by atoms with Crippen LogP contribution in [0.3, 0.4) is 0 Å². The first kappa shape index (κ1) is 12.8. The molecular weight excluding hydrogens is 300 g/mol. The van der Waals surface area contributed by atoms with Gasteiger partial charge in [0.25, 0.3) is 5.56 Å². The standard InChI is InChI=1S/C12H11BrN2O3/c1-7-4-3-5-10-14-9(6-18-8(2)16)11(13)12(17)15(7)10/h3-5H,6H2,1-2H3. The van der Waals surface area contributed by atoms with E-state index in [1.807, 2.05) is 19.1 Å². The number of aryl methyl sites for hydroxylation is 1. The summed E-state index contributed by atoms with van der Waals surface area (Å²) in [6.45, 7) is 3.12. The fraction of sp³-hybridized carbons (Fsp3) is 0.250. The summed E-state index contributed by atoms with van der Waals surface area (Å²) in [5.74, 6) is -0.409. The molecule has 0 aliphatic rings. The zero-order valence-corrected chi connectivity index (χ0v) is 11.5. The van der Waals surface area contributed by atoms with E-state index in [4.69, 9.17) is 4.74 Å². The Morgan fingerprint density at radius 1 is 1.50 bits per heavy atom. The second kappa shape index (κ2) is 4.89. The van der Waals surface area contributed by atoms with Crippen LogP contribution in [-0.4, -0.2) is 15.4 Å². The number of rotatable bonds is 2. The Hall–Kier alpha value is -1.69. The first-order valence-corrected chi connectivity index (χ1v) is 6.10. The molecule has 0 amide bonds. The first-order valence-electron chi connectivity index (χ1n) is 5.31. The van der Waals surface area contributed by atoms with Crippen molar-refractivity contribution in [2.75, 3.05) is 0 Å². The summed E-state index contributed by atoms with van der Waals surface area (Å²) in [6, 6.07) is 5.38. The highest BCUT2D eigenvalue weighted by molar-refractivity contribution is 9.10. The number of carbonyl (C=O) groups excluding carboxylic acids is 1. The number of carbonyl (C=O) groups is 1. The van der Waals surface area contributed by atoms with Gasteiger partial charge in [0.15, 0.2) is 0 Å². The number of hydrogen-bond donors (Lipinski definition) is 0. The molecule has 5 nitrogen and oxygen atoms in total. The van der Waals surface area contributed by atoms with E-state index in [9.17, 15) is 9.59 Å². The first-order chi connectivity index (χ1) is 8.50. The van der Waals surface area contributed by atoms with E-state index < -0.39 is 5.97 Å². The molecule has 0 aliphatic carbocycles. The summed E-state index contributed by atoms with van der Waals surface area (Å²) in [5.41, 5.74) is 1.54. The second-order valence-corrected chi connectivity index (χ2v) is 4.61. The number of nitrogens with zero attached hydrogens (tertiary/aromatic N) is 2. The summed E-state index contributed by atoms with van der Waals surface area (Å²) in [7, 11) is 0. The van der Waals surface area contributed by atoms with Crippen molar-refractivity contribution >= 4 is 27.5 Å². The third-order valence-corrected chi connectivity index (χ3v) is 3.27.